The zero-order valence-corrected chi connectivity index (χ0v) is 21.8. The largest absolute Gasteiger partial charge is 0.356 e. The number of para-hydroxylation sites is 1. The molecule has 1 aromatic heterocycles. The molecule has 1 saturated heterocycles. The van der Waals surface area contributed by atoms with Crippen LogP contribution in [-0.4, -0.2) is 57.7 Å². The van der Waals surface area contributed by atoms with Crippen LogP contribution in [0, 0.1) is 0 Å². The van der Waals surface area contributed by atoms with E-state index >= 15 is 0 Å². The van der Waals surface area contributed by atoms with E-state index in [9.17, 15) is 14.4 Å². The summed E-state index contributed by atoms with van der Waals surface area (Å²) in [6.45, 7) is -0.246. The Kier molecular flexibility index (Phi) is 6.37. The minimum atomic E-state index is -0.713. The number of fused-ring (bicyclic) bond motifs is 4. The summed E-state index contributed by atoms with van der Waals surface area (Å²) in [5, 5.41) is 4.90. The lowest BCUT2D eigenvalue weighted by molar-refractivity contribution is -0.159. The standard InChI is InChI=1S/C28H28Cl2N4O3/c29-20-11-10-16(12-21(20)30)27-26-19(18-8-4-5-9-22(18)32-26)13-23-28(37)33(15-25(36)34(23)27)14-24(35)31-17-6-2-1-3-7-17/h4-5,8-12,17,23,27,32H,1-3,6-7,13-15H2,(H,31,35). The highest BCUT2D eigenvalue weighted by atomic mass is 35.5. The minimum absolute atomic E-state index is 0.108. The van der Waals surface area contributed by atoms with Crippen LogP contribution >= 0.6 is 23.2 Å². The number of piperazine rings is 1. The fourth-order valence-electron chi connectivity index (χ4n) is 6.18. The fraction of sp³-hybridized carbons (Fsp3) is 0.393. The minimum Gasteiger partial charge on any atom is -0.356 e. The van der Waals surface area contributed by atoms with Crippen LogP contribution < -0.4 is 5.32 Å². The summed E-state index contributed by atoms with van der Waals surface area (Å²) in [4.78, 5) is 46.8. The lowest BCUT2D eigenvalue weighted by atomic mass is 9.86. The van der Waals surface area contributed by atoms with Crippen molar-refractivity contribution in [3.05, 3.63) is 69.3 Å². The molecule has 0 radical (unpaired) electrons. The van der Waals surface area contributed by atoms with E-state index in [0.717, 1.165) is 53.4 Å². The number of H-pyrrole nitrogens is 1. The van der Waals surface area contributed by atoms with E-state index in [4.69, 9.17) is 23.2 Å². The Balaban J connectivity index is 1.35. The number of aromatic amines is 1. The Morgan fingerprint density at radius 2 is 1.81 bits per heavy atom. The predicted molar refractivity (Wildman–Crippen MR) is 143 cm³/mol. The molecule has 192 valence electrons. The normalized spacial score (nSPS) is 22.2. The number of rotatable bonds is 4. The number of nitrogens with one attached hydrogen (secondary N) is 2. The van der Waals surface area contributed by atoms with Crippen LogP contribution in [0.2, 0.25) is 10.0 Å². The van der Waals surface area contributed by atoms with E-state index < -0.39 is 12.1 Å². The van der Waals surface area contributed by atoms with Gasteiger partial charge in [-0.2, -0.15) is 0 Å². The molecular formula is C28H28Cl2N4O3. The van der Waals surface area contributed by atoms with Crippen molar-refractivity contribution < 1.29 is 14.4 Å². The maximum absolute atomic E-state index is 13.8. The van der Waals surface area contributed by atoms with Crippen molar-refractivity contribution in [1.82, 2.24) is 20.1 Å². The van der Waals surface area contributed by atoms with E-state index in [-0.39, 0.29) is 36.9 Å². The summed E-state index contributed by atoms with van der Waals surface area (Å²) in [5.74, 6) is -0.610. The van der Waals surface area contributed by atoms with Crippen LogP contribution in [0.25, 0.3) is 10.9 Å². The highest BCUT2D eigenvalue weighted by Gasteiger charge is 2.48. The van der Waals surface area contributed by atoms with Gasteiger partial charge < -0.3 is 20.1 Å². The molecule has 3 aromatic rings. The molecule has 3 aliphatic rings. The molecule has 2 atom stereocenters. The zero-order chi connectivity index (χ0) is 25.7. The molecular weight excluding hydrogens is 511 g/mol. The van der Waals surface area contributed by atoms with Crippen LogP contribution in [0.15, 0.2) is 42.5 Å². The Bertz CT molecular complexity index is 1400. The summed E-state index contributed by atoms with van der Waals surface area (Å²) in [6.07, 6.45) is 5.70. The van der Waals surface area contributed by atoms with Crippen molar-refractivity contribution >= 4 is 51.8 Å². The first-order valence-electron chi connectivity index (χ1n) is 12.8. The van der Waals surface area contributed by atoms with Crippen molar-refractivity contribution in [2.75, 3.05) is 13.1 Å². The van der Waals surface area contributed by atoms with E-state index in [2.05, 4.69) is 10.3 Å². The van der Waals surface area contributed by atoms with Crippen LogP contribution in [0.3, 0.4) is 0 Å². The number of benzene rings is 2. The Morgan fingerprint density at radius 1 is 1.03 bits per heavy atom. The van der Waals surface area contributed by atoms with Crippen molar-refractivity contribution in [1.29, 1.82) is 0 Å². The number of amides is 3. The number of hydrogen-bond donors (Lipinski definition) is 2. The Hall–Kier alpha value is -3.03. The van der Waals surface area contributed by atoms with Gasteiger partial charge in [0.2, 0.25) is 17.7 Å². The lowest BCUT2D eigenvalue weighted by Crippen LogP contribution is -2.64. The smallest absolute Gasteiger partial charge is 0.246 e. The number of carbonyl (C=O) groups excluding carboxylic acids is 3. The van der Waals surface area contributed by atoms with Crippen molar-refractivity contribution in [2.45, 2.75) is 56.7 Å². The first-order valence-corrected chi connectivity index (χ1v) is 13.6. The van der Waals surface area contributed by atoms with E-state index in [1.165, 1.54) is 11.3 Å². The average Bonchev–Trinajstić information content (AvgIpc) is 3.26. The van der Waals surface area contributed by atoms with Gasteiger partial charge in [-0.05, 0) is 42.2 Å². The molecule has 6 rings (SSSR count). The van der Waals surface area contributed by atoms with Gasteiger partial charge in [-0.3, -0.25) is 14.4 Å². The molecule has 3 amide bonds. The molecule has 1 saturated carbocycles. The van der Waals surface area contributed by atoms with Crippen LogP contribution in [0.1, 0.15) is 55.0 Å². The Labute approximate surface area is 225 Å². The molecule has 0 spiro atoms. The van der Waals surface area contributed by atoms with E-state index in [0.29, 0.717) is 16.5 Å². The quantitative estimate of drug-likeness (QED) is 0.508. The number of carbonyl (C=O) groups is 3. The van der Waals surface area contributed by atoms with Gasteiger partial charge in [0, 0.05) is 29.1 Å². The number of hydrogen-bond acceptors (Lipinski definition) is 3. The maximum atomic E-state index is 13.8. The van der Waals surface area contributed by atoms with Crippen LogP contribution in [0.5, 0.6) is 0 Å². The highest BCUT2D eigenvalue weighted by molar-refractivity contribution is 6.42. The Morgan fingerprint density at radius 3 is 2.59 bits per heavy atom. The van der Waals surface area contributed by atoms with Crippen LogP contribution in [-0.2, 0) is 20.8 Å². The van der Waals surface area contributed by atoms with Gasteiger partial charge in [0.1, 0.15) is 19.1 Å². The van der Waals surface area contributed by atoms with Crippen molar-refractivity contribution in [2.24, 2.45) is 0 Å². The molecule has 1 aliphatic carbocycles. The van der Waals surface area contributed by atoms with E-state index in [1.807, 2.05) is 30.3 Å². The second-order valence-corrected chi connectivity index (χ2v) is 11.1. The molecule has 2 unspecified atom stereocenters. The summed E-state index contributed by atoms with van der Waals surface area (Å²) in [5.41, 5.74) is 3.60. The molecule has 2 fully saturated rings. The molecule has 2 aliphatic heterocycles. The third-order valence-corrected chi connectivity index (χ3v) is 8.65. The van der Waals surface area contributed by atoms with Gasteiger partial charge in [0.25, 0.3) is 0 Å². The van der Waals surface area contributed by atoms with Gasteiger partial charge in [-0.15, -0.1) is 0 Å². The van der Waals surface area contributed by atoms with Gasteiger partial charge in [0.15, 0.2) is 0 Å². The van der Waals surface area contributed by atoms with Crippen molar-refractivity contribution in [3.8, 4) is 0 Å². The molecule has 7 nitrogen and oxygen atoms in total. The third kappa shape index (κ3) is 4.38. The number of halogens is 2. The van der Waals surface area contributed by atoms with Gasteiger partial charge in [-0.25, -0.2) is 0 Å². The molecule has 2 aromatic carbocycles. The summed E-state index contributed by atoms with van der Waals surface area (Å²) < 4.78 is 0. The van der Waals surface area contributed by atoms with Crippen LogP contribution in [0.4, 0.5) is 0 Å². The monoisotopic (exact) mass is 538 g/mol. The summed E-state index contributed by atoms with van der Waals surface area (Å²) in [6, 6.07) is 12.2. The SMILES string of the molecule is O=C(CN1CC(=O)N2C(Cc3c([nH]c4ccccc34)C2c2ccc(Cl)c(Cl)c2)C1=O)NC1CCCCC1. The van der Waals surface area contributed by atoms with Gasteiger partial charge in [0.05, 0.1) is 16.1 Å². The first-order chi connectivity index (χ1) is 17.9. The molecule has 37 heavy (non-hydrogen) atoms. The molecule has 3 heterocycles. The first kappa shape index (κ1) is 24.3. The van der Waals surface area contributed by atoms with Gasteiger partial charge in [-0.1, -0.05) is 66.7 Å². The van der Waals surface area contributed by atoms with E-state index in [1.54, 1.807) is 17.0 Å². The number of aromatic nitrogens is 1. The molecule has 2 N–H and O–H groups in total. The number of nitrogens with zero attached hydrogens (tertiary/aromatic N) is 2. The predicted octanol–water partition coefficient (Wildman–Crippen LogP) is 4.61. The lowest BCUT2D eigenvalue weighted by Gasteiger charge is -2.47. The summed E-state index contributed by atoms with van der Waals surface area (Å²) >= 11 is 12.6. The third-order valence-electron chi connectivity index (χ3n) is 7.91. The molecule has 0 bridgehead atoms. The second kappa shape index (κ2) is 9.69. The maximum Gasteiger partial charge on any atom is 0.246 e. The second-order valence-electron chi connectivity index (χ2n) is 10.3. The molecule has 9 heteroatoms. The summed E-state index contributed by atoms with van der Waals surface area (Å²) in [7, 11) is 0. The average molecular weight is 539 g/mol. The fourth-order valence-corrected chi connectivity index (χ4v) is 6.49. The van der Waals surface area contributed by atoms with Gasteiger partial charge >= 0.3 is 0 Å². The zero-order valence-electron chi connectivity index (χ0n) is 20.3. The topological polar surface area (TPSA) is 85.5 Å². The van der Waals surface area contributed by atoms with Crippen molar-refractivity contribution in [3.63, 3.8) is 0 Å². The highest BCUT2D eigenvalue weighted by Crippen LogP contribution is 2.43.